The number of rotatable bonds is 0. The first-order valence-electron chi connectivity index (χ1n) is 6.47. The number of nitrogens with two attached hydrogens (primary N) is 1. The van der Waals surface area contributed by atoms with E-state index in [9.17, 15) is 0 Å². The highest BCUT2D eigenvalue weighted by atomic mass is 15.1. The van der Waals surface area contributed by atoms with Crippen molar-refractivity contribution in [2.24, 2.45) is 17.1 Å². The lowest BCUT2D eigenvalue weighted by atomic mass is 9.58. The van der Waals surface area contributed by atoms with Crippen molar-refractivity contribution in [3.8, 4) is 0 Å². The van der Waals surface area contributed by atoms with Crippen LogP contribution >= 0.6 is 0 Å². The van der Waals surface area contributed by atoms with Gasteiger partial charge in [0, 0.05) is 0 Å². The summed E-state index contributed by atoms with van der Waals surface area (Å²) in [5.41, 5.74) is 5.31. The Kier molecular flexibility index (Phi) is 7.20. The molecule has 2 fully saturated rings. The molecule has 1 saturated carbocycles. The van der Waals surface area contributed by atoms with E-state index in [4.69, 9.17) is 0 Å². The van der Waals surface area contributed by atoms with Crippen molar-refractivity contribution in [1.82, 2.24) is 4.90 Å². The van der Waals surface area contributed by atoms with E-state index in [0.29, 0.717) is 0 Å². The third kappa shape index (κ3) is 4.12. The minimum Gasteiger partial charge on any atom is -0.333 e. The summed E-state index contributed by atoms with van der Waals surface area (Å²) in [4.78, 5) is 2.47. The fourth-order valence-corrected chi connectivity index (χ4v) is 2.92. The van der Waals surface area contributed by atoms with Crippen molar-refractivity contribution in [2.45, 2.75) is 46.5 Å². The molecule has 1 aliphatic carbocycles. The van der Waals surface area contributed by atoms with Crippen LogP contribution in [-0.2, 0) is 0 Å². The van der Waals surface area contributed by atoms with Crippen molar-refractivity contribution >= 4 is 0 Å². The lowest BCUT2D eigenvalue weighted by Crippen LogP contribution is -2.45. The highest BCUT2D eigenvalue weighted by molar-refractivity contribution is 4.94. The first-order valence-corrected chi connectivity index (χ1v) is 6.47. The van der Waals surface area contributed by atoms with Crippen molar-refractivity contribution in [3.05, 3.63) is 0 Å². The lowest BCUT2D eigenvalue weighted by molar-refractivity contribution is 0.000967. The third-order valence-electron chi connectivity index (χ3n) is 3.61. The van der Waals surface area contributed by atoms with Crippen LogP contribution in [-0.4, -0.2) is 32.1 Å². The van der Waals surface area contributed by atoms with E-state index in [1.165, 1.54) is 45.8 Å². The predicted molar refractivity (Wildman–Crippen MR) is 69.0 cm³/mol. The summed E-state index contributed by atoms with van der Waals surface area (Å²) < 4.78 is 0. The Morgan fingerprint density at radius 3 is 1.80 bits per heavy atom. The molecular formula is C13H30N2. The summed E-state index contributed by atoms with van der Waals surface area (Å²) in [5.74, 6) is 1.03. The summed E-state index contributed by atoms with van der Waals surface area (Å²) in [6.07, 6.45) is 5.96. The second-order valence-electron chi connectivity index (χ2n) is 4.82. The van der Waals surface area contributed by atoms with Crippen LogP contribution in [0.15, 0.2) is 0 Å². The van der Waals surface area contributed by atoms with Crippen molar-refractivity contribution in [1.29, 1.82) is 0 Å². The average Bonchev–Trinajstić information content (AvgIpc) is 2.26. The Hall–Kier alpha value is -0.0800. The molecule has 92 valence electrons. The Morgan fingerprint density at radius 1 is 1.07 bits per heavy atom. The van der Waals surface area contributed by atoms with Gasteiger partial charge in [0.15, 0.2) is 0 Å². The first-order chi connectivity index (χ1) is 7.20. The average molecular weight is 214 g/mol. The molecule has 2 rings (SSSR count). The first kappa shape index (κ1) is 14.9. The van der Waals surface area contributed by atoms with Gasteiger partial charge in [-0.25, -0.2) is 0 Å². The Morgan fingerprint density at radius 2 is 1.47 bits per heavy atom. The third-order valence-corrected chi connectivity index (χ3v) is 3.61. The molecule has 0 bridgehead atoms. The molecule has 1 aliphatic heterocycles. The molecule has 0 amide bonds. The molecule has 2 nitrogen and oxygen atoms in total. The van der Waals surface area contributed by atoms with E-state index >= 15 is 0 Å². The maximum atomic E-state index is 4.50. The zero-order valence-electron chi connectivity index (χ0n) is 11.3. The van der Waals surface area contributed by atoms with Crippen LogP contribution in [0.25, 0.3) is 0 Å². The van der Waals surface area contributed by atoms with Gasteiger partial charge in [-0.1, -0.05) is 20.8 Å². The molecule has 15 heavy (non-hydrogen) atoms. The highest BCUT2D eigenvalue weighted by Gasteiger charge is 2.42. The largest absolute Gasteiger partial charge is 0.333 e. The molecule has 2 N–H and O–H groups in total. The molecule has 0 aromatic heterocycles. The maximum absolute atomic E-state index is 4.50. The molecule has 2 aliphatic rings. The zero-order valence-corrected chi connectivity index (χ0v) is 11.3. The van der Waals surface area contributed by atoms with Gasteiger partial charge in [0.2, 0.25) is 0 Å². The number of nitrogens with zero attached hydrogens (tertiary/aromatic N) is 1. The van der Waals surface area contributed by atoms with E-state index in [1.54, 1.807) is 0 Å². The van der Waals surface area contributed by atoms with Gasteiger partial charge in [-0.3, -0.25) is 0 Å². The number of piperidine rings is 1. The van der Waals surface area contributed by atoms with Gasteiger partial charge >= 0.3 is 0 Å². The van der Waals surface area contributed by atoms with Gasteiger partial charge in [0.05, 0.1) is 0 Å². The van der Waals surface area contributed by atoms with E-state index in [-0.39, 0.29) is 0 Å². The molecule has 0 aromatic carbocycles. The smallest absolute Gasteiger partial charge is 0.00165 e. The normalized spacial score (nSPS) is 24.4. The van der Waals surface area contributed by atoms with Crippen LogP contribution in [0.5, 0.6) is 0 Å². The number of likely N-dealkylation sites (tertiary alicyclic amines) is 1. The summed E-state index contributed by atoms with van der Waals surface area (Å²) in [5, 5.41) is 0. The topological polar surface area (TPSA) is 29.3 Å². The van der Waals surface area contributed by atoms with Crippen LogP contribution in [0.2, 0.25) is 0 Å². The minimum absolute atomic E-state index is 0.811. The van der Waals surface area contributed by atoms with Crippen LogP contribution in [0.3, 0.4) is 0 Å². The summed E-state index contributed by atoms with van der Waals surface area (Å²) in [6, 6.07) is 0. The molecule has 1 heterocycles. The van der Waals surface area contributed by atoms with Crippen molar-refractivity contribution in [2.75, 3.05) is 27.2 Å². The molecule has 0 aromatic rings. The monoisotopic (exact) mass is 214 g/mol. The summed E-state index contributed by atoms with van der Waals surface area (Å²) in [6.45, 7) is 9.07. The molecule has 0 unspecified atom stereocenters. The quantitative estimate of drug-likeness (QED) is 0.672. The van der Waals surface area contributed by atoms with E-state index < -0.39 is 0 Å². The van der Waals surface area contributed by atoms with Gasteiger partial charge in [-0.15, -0.1) is 0 Å². The zero-order chi connectivity index (χ0) is 11.9. The standard InChI is InChI=1S/C10H19N.C2H6.CH5N/c1-9-7-10(8-9)3-5-11(2)6-4-10;2*1-2/h9H,3-8H2,1-2H3;1-2H3;2H2,1H3. The van der Waals surface area contributed by atoms with E-state index in [0.717, 1.165) is 11.3 Å². The summed E-state index contributed by atoms with van der Waals surface area (Å²) in [7, 11) is 3.74. The van der Waals surface area contributed by atoms with Gasteiger partial charge in [-0.05, 0) is 64.2 Å². The predicted octanol–water partition coefficient (Wildman–Crippen LogP) is 2.73. The Bertz CT molecular complexity index is 141. The Labute approximate surface area is 96.2 Å². The molecule has 1 spiro atoms. The molecule has 2 heteroatoms. The maximum Gasteiger partial charge on any atom is -0.00165 e. The highest BCUT2D eigenvalue weighted by Crippen LogP contribution is 2.51. The van der Waals surface area contributed by atoms with Crippen LogP contribution < -0.4 is 5.73 Å². The molecule has 0 atom stereocenters. The second-order valence-corrected chi connectivity index (χ2v) is 4.82. The van der Waals surface area contributed by atoms with Crippen LogP contribution in [0.1, 0.15) is 46.5 Å². The number of hydrogen-bond donors (Lipinski definition) is 1. The molecular weight excluding hydrogens is 184 g/mol. The van der Waals surface area contributed by atoms with Crippen molar-refractivity contribution < 1.29 is 0 Å². The second kappa shape index (κ2) is 7.24. The Balaban J connectivity index is 0.000000442. The van der Waals surface area contributed by atoms with Gasteiger partial charge in [0.1, 0.15) is 0 Å². The van der Waals surface area contributed by atoms with Crippen molar-refractivity contribution in [3.63, 3.8) is 0 Å². The fourth-order valence-electron chi connectivity index (χ4n) is 2.92. The summed E-state index contributed by atoms with van der Waals surface area (Å²) >= 11 is 0. The van der Waals surface area contributed by atoms with Crippen LogP contribution in [0.4, 0.5) is 0 Å². The van der Waals surface area contributed by atoms with Gasteiger partial charge < -0.3 is 10.6 Å². The van der Waals surface area contributed by atoms with Gasteiger partial charge in [-0.2, -0.15) is 0 Å². The lowest BCUT2D eigenvalue weighted by Gasteiger charge is -2.51. The SMILES string of the molecule is CC.CC1CC2(CCN(C)CC2)C1.CN. The fraction of sp³-hybridized carbons (Fsp3) is 1.00. The molecule has 0 radical (unpaired) electrons. The number of hydrogen-bond acceptors (Lipinski definition) is 2. The van der Waals surface area contributed by atoms with Crippen LogP contribution in [0, 0.1) is 11.3 Å². The van der Waals surface area contributed by atoms with E-state index in [2.05, 4.69) is 24.6 Å². The van der Waals surface area contributed by atoms with E-state index in [1.807, 2.05) is 13.8 Å². The minimum atomic E-state index is 0.811. The molecule has 1 saturated heterocycles. The van der Waals surface area contributed by atoms with Gasteiger partial charge in [0.25, 0.3) is 0 Å².